The highest BCUT2D eigenvalue weighted by Crippen LogP contribution is 2.24. The lowest BCUT2D eigenvalue weighted by atomic mass is 9.93. The number of methoxy groups -OCH3 is 1. The van der Waals surface area contributed by atoms with E-state index in [1.165, 1.54) is 6.20 Å². The minimum Gasteiger partial charge on any atom is -0.382 e. The number of Topliss-reactive ketones (excluding diaryl/α,β-unsaturated/α-hetero) is 1. The molecule has 0 fully saturated rings. The number of carbonyl (C=O) groups excluding carboxylic acids is 1. The van der Waals surface area contributed by atoms with Crippen LogP contribution in [0.2, 0.25) is 0 Å². The summed E-state index contributed by atoms with van der Waals surface area (Å²) < 4.78 is 36.6. The van der Waals surface area contributed by atoms with Gasteiger partial charge in [0, 0.05) is 43.3 Å². The summed E-state index contributed by atoms with van der Waals surface area (Å²) in [7, 11) is 1.61. The SMILES string of the molecule is COCCOC[C@@H](CC(=O)Cc1cc2c(cn1)C(C(F)F)=NC2)c1ccccc1. The molecule has 1 aromatic heterocycles. The molecule has 0 amide bonds. The molecule has 3 rings (SSSR count). The van der Waals surface area contributed by atoms with Gasteiger partial charge in [0.05, 0.1) is 26.4 Å². The van der Waals surface area contributed by atoms with E-state index in [0.29, 0.717) is 43.1 Å². The summed E-state index contributed by atoms with van der Waals surface area (Å²) in [6.45, 7) is 1.59. The first-order valence-electron chi connectivity index (χ1n) is 9.52. The molecule has 2 aromatic rings. The zero-order valence-corrected chi connectivity index (χ0v) is 16.3. The Labute approximate surface area is 168 Å². The third-order valence-electron chi connectivity index (χ3n) is 4.82. The normalized spacial score (nSPS) is 14.0. The summed E-state index contributed by atoms with van der Waals surface area (Å²) in [6, 6.07) is 11.5. The maximum Gasteiger partial charge on any atom is 0.280 e. The molecule has 154 valence electrons. The van der Waals surface area contributed by atoms with Gasteiger partial charge in [0.1, 0.15) is 11.5 Å². The number of aromatic nitrogens is 1. The summed E-state index contributed by atoms with van der Waals surface area (Å²) in [4.78, 5) is 20.8. The van der Waals surface area contributed by atoms with Crippen molar-refractivity contribution in [3.05, 3.63) is 65.0 Å². The van der Waals surface area contributed by atoms with Crippen LogP contribution >= 0.6 is 0 Å². The van der Waals surface area contributed by atoms with Gasteiger partial charge < -0.3 is 9.47 Å². The standard InChI is InChI=1S/C22H24F2N2O3/c1-28-7-8-29-14-17(15-5-3-2-4-6-15)10-19(27)11-18-9-16-12-26-21(22(23)24)20(16)13-25-18/h2-6,9,13,17,22H,7-8,10-12,14H2,1H3/t17-/m1/s1. The number of hydrogen-bond acceptors (Lipinski definition) is 5. The van der Waals surface area contributed by atoms with Gasteiger partial charge in [-0.05, 0) is 17.2 Å². The molecule has 2 heterocycles. The second kappa shape index (κ2) is 10.3. The van der Waals surface area contributed by atoms with E-state index in [9.17, 15) is 13.6 Å². The molecule has 0 bridgehead atoms. The van der Waals surface area contributed by atoms with Crippen LogP contribution in [-0.2, 0) is 27.2 Å². The number of fused-ring (bicyclic) bond motifs is 1. The Morgan fingerprint density at radius 1 is 1.21 bits per heavy atom. The van der Waals surface area contributed by atoms with Crippen LogP contribution in [-0.4, -0.2) is 49.8 Å². The van der Waals surface area contributed by atoms with Crippen LogP contribution in [0.4, 0.5) is 8.78 Å². The number of aliphatic imine (C=N–C) groups is 1. The molecule has 0 saturated carbocycles. The van der Waals surface area contributed by atoms with Gasteiger partial charge >= 0.3 is 0 Å². The van der Waals surface area contributed by atoms with Crippen LogP contribution in [0.25, 0.3) is 0 Å². The Balaban J connectivity index is 1.63. The van der Waals surface area contributed by atoms with Crippen molar-refractivity contribution in [2.45, 2.75) is 31.7 Å². The summed E-state index contributed by atoms with van der Waals surface area (Å²) in [5.74, 6) is -0.0432. The fraction of sp³-hybridized carbons (Fsp3) is 0.409. The molecule has 0 saturated heterocycles. The summed E-state index contributed by atoms with van der Waals surface area (Å²) >= 11 is 0. The van der Waals surface area contributed by atoms with E-state index in [1.807, 2.05) is 30.3 Å². The smallest absolute Gasteiger partial charge is 0.280 e. The molecule has 1 aliphatic rings. The first-order valence-corrected chi connectivity index (χ1v) is 9.52. The quantitative estimate of drug-likeness (QED) is 0.539. The van der Waals surface area contributed by atoms with Crippen molar-refractivity contribution in [3.63, 3.8) is 0 Å². The minimum atomic E-state index is -2.62. The summed E-state index contributed by atoms with van der Waals surface area (Å²) in [5.41, 5.74) is 2.47. The van der Waals surface area contributed by atoms with Crippen molar-refractivity contribution < 1.29 is 23.0 Å². The molecular weight excluding hydrogens is 378 g/mol. The van der Waals surface area contributed by atoms with Crippen LogP contribution in [0.5, 0.6) is 0 Å². The van der Waals surface area contributed by atoms with Gasteiger partial charge in [0.2, 0.25) is 0 Å². The number of ether oxygens (including phenoxy) is 2. The van der Waals surface area contributed by atoms with Gasteiger partial charge in [-0.15, -0.1) is 0 Å². The monoisotopic (exact) mass is 402 g/mol. The van der Waals surface area contributed by atoms with Gasteiger partial charge in [-0.25, -0.2) is 8.78 Å². The molecule has 7 heteroatoms. The van der Waals surface area contributed by atoms with Crippen molar-refractivity contribution >= 4 is 11.5 Å². The van der Waals surface area contributed by atoms with Crippen molar-refractivity contribution in [2.24, 2.45) is 4.99 Å². The summed E-state index contributed by atoms with van der Waals surface area (Å²) in [6.07, 6.45) is -0.749. The van der Waals surface area contributed by atoms with Crippen LogP contribution < -0.4 is 0 Å². The first-order chi connectivity index (χ1) is 14.1. The van der Waals surface area contributed by atoms with Crippen LogP contribution in [0.3, 0.4) is 0 Å². The molecule has 0 aliphatic carbocycles. The average Bonchev–Trinajstić information content (AvgIpc) is 3.14. The molecular formula is C22H24F2N2O3. The zero-order valence-electron chi connectivity index (χ0n) is 16.3. The highest BCUT2D eigenvalue weighted by atomic mass is 19.3. The number of halogens is 2. The van der Waals surface area contributed by atoms with Crippen molar-refractivity contribution in [2.75, 3.05) is 26.9 Å². The van der Waals surface area contributed by atoms with Crippen LogP contribution in [0.1, 0.15) is 34.7 Å². The van der Waals surface area contributed by atoms with Gasteiger partial charge in [-0.2, -0.15) is 0 Å². The molecule has 0 N–H and O–H groups in total. The Morgan fingerprint density at radius 2 is 2.00 bits per heavy atom. The largest absolute Gasteiger partial charge is 0.382 e. The zero-order chi connectivity index (χ0) is 20.6. The highest BCUT2D eigenvalue weighted by molar-refractivity contribution is 6.05. The molecule has 0 unspecified atom stereocenters. The second-order valence-electron chi connectivity index (χ2n) is 6.93. The van der Waals surface area contributed by atoms with Crippen LogP contribution in [0.15, 0.2) is 47.6 Å². The second-order valence-corrected chi connectivity index (χ2v) is 6.93. The van der Waals surface area contributed by atoms with Gasteiger partial charge in [0.15, 0.2) is 0 Å². The molecule has 5 nitrogen and oxygen atoms in total. The lowest BCUT2D eigenvalue weighted by molar-refractivity contribution is -0.119. The average molecular weight is 402 g/mol. The Hall–Kier alpha value is -2.51. The maximum atomic E-state index is 13.0. The minimum absolute atomic E-state index is 0.0228. The number of alkyl halides is 2. The number of benzene rings is 1. The van der Waals surface area contributed by atoms with E-state index in [4.69, 9.17) is 9.47 Å². The van der Waals surface area contributed by atoms with Crippen LogP contribution in [0, 0.1) is 0 Å². The fourth-order valence-electron chi connectivity index (χ4n) is 3.36. The number of carbonyl (C=O) groups is 1. The first kappa shape index (κ1) is 21.2. The third kappa shape index (κ3) is 5.74. The lowest BCUT2D eigenvalue weighted by Crippen LogP contribution is -2.17. The topological polar surface area (TPSA) is 60.8 Å². The van der Waals surface area contributed by atoms with E-state index in [2.05, 4.69) is 9.98 Å². The maximum absolute atomic E-state index is 13.0. The Bertz CT molecular complexity index is 856. The van der Waals surface area contributed by atoms with Gasteiger partial charge in [-0.3, -0.25) is 14.8 Å². The van der Waals surface area contributed by atoms with E-state index >= 15 is 0 Å². The predicted octanol–water partition coefficient (Wildman–Crippen LogP) is 3.60. The molecule has 0 radical (unpaired) electrons. The molecule has 29 heavy (non-hydrogen) atoms. The fourth-order valence-corrected chi connectivity index (χ4v) is 3.36. The number of hydrogen-bond donors (Lipinski definition) is 0. The van der Waals surface area contributed by atoms with Crippen molar-refractivity contribution in [1.82, 2.24) is 4.98 Å². The van der Waals surface area contributed by atoms with E-state index in [0.717, 1.165) is 5.56 Å². The summed E-state index contributed by atoms with van der Waals surface area (Å²) in [5, 5.41) is 0. The Kier molecular flexibility index (Phi) is 7.55. The Morgan fingerprint density at radius 3 is 2.72 bits per heavy atom. The third-order valence-corrected chi connectivity index (χ3v) is 4.82. The molecule has 0 spiro atoms. The number of rotatable bonds is 11. The van der Waals surface area contributed by atoms with Crippen molar-refractivity contribution in [1.29, 1.82) is 0 Å². The van der Waals surface area contributed by atoms with E-state index in [-0.39, 0.29) is 30.4 Å². The molecule has 1 aliphatic heterocycles. The van der Waals surface area contributed by atoms with Gasteiger partial charge in [0.25, 0.3) is 6.43 Å². The van der Waals surface area contributed by atoms with Crippen molar-refractivity contribution in [3.8, 4) is 0 Å². The highest BCUT2D eigenvalue weighted by Gasteiger charge is 2.24. The number of nitrogens with zero attached hydrogens (tertiary/aromatic N) is 2. The number of pyridine rings is 1. The molecule has 1 aromatic carbocycles. The predicted molar refractivity (Wildman–Crippen MR) is 106 cm³/mol. The lowest BCUT2D eigenvalue weighted by Gasteiger charge is -2.17. The molecule has 1 atom stereocenters. The number of ketones is 1. The van der Waals surface area contributed by atoms with E-state index in [1.54, 1.807) is 13.2 Å². The van der Waals surface area contributed by atoms with Gasteiger partial charge in [-0.1, -0.05) is 30.3 Å². The van der Waals surface area contributed by atoms with E-state index < -0.39 is 6.43 Å².